The van der Waals surface area contributed by atoms with Crippen molar-refractivity contribution in [2.75, 3.05) is 11.1 Å². The van der Waals surface area contributed by atoms with E-state index in [4.69, 9.17) is 0 Å². The summed E-state index contributed by atoms with van der Waals surface area (Å²) in [6, 6.07) is 0. The molecule has 0 saturated carbocycles. The number of alkyl halides is 1. The third kappa shape index (κ3) is 22.8. The first-order chi connectivity index (χ1) is 11.9. The van der Waals surface area contributed by atoms with Crippen molar-refractivity contribution < 1.29 is 0 Å². The van der Waals surface area contributed by atoms with Crippen LogP contribution in [0.25, 0.3) is 0 Å². The standard InChI is InChI=1S/C22H45BrS/c23-21-19-17-15-13-11-9-7-5-3-1-2-4-6-8-10-12-14-16-18-20-22-24/h24H,1-22H2. The molecule has 0 unspecified atom stereocenters. The van der Waals surface area contributed by atoms with Gasteiger partial charge < -0.3 is 0 Å². The van der Waals surface area contributed by atoms with Crippen molar-refractivity contribution in [1.29, 1.82) is 0 Å². The van der Waals surface area contributed by atoms with Gasteiger partial charge in [-0.05, 0) is 18.6 Å². The number of hydrogen-bond donors (Lipinski definition) is 1. The van der Waals surface area contributed by atoms with Gasteiger partial charge >= 0.3 is 0 Å². The van der Waals surface area contributed by atoms with Crippen LogP contribution in [0.2, 0.25) is 0 Å². The Kier molecular flexibility index (Phi) is 24.7. The summed E-state index contributed by atoms with van der Waals surface area (Å²) in [5.41, 5.74) is 0. The van der Waals surface area contributed by atoms with Crippen LogP contribution in [0.4, 0.5) is 0 Å². The molecule has 0 aliphatic carbocycles. The van der Waals surface area contributed by atoms with E-state index in [9.17, 15) is 0 Å². The largest absolute Gasteiger partial charge is 0.179 e. The lowest BCUT2D eigenvalue weighted by atomic mass is 10.0. The fourth-order valence-corrected chi connectivity index (χ4v) is 4.01. The molecule has 0 rings (SSSR count). The molecule has 2 heteroatoms. The quantitative estimate of drug-likeness (QED) is 0.107. The molecule has 0 nitrogen and oxygen atoms in total. The van der Waals surface area contributed by atoms with E-state index in [0.29, 0.717) is 0 Å². The van der Waals surface area contributed by atoms with Gasteiger partial charge in [0, 0.05) is 5.33 Å². The Bertz CT molecular complexity index is 186. The van der Waals surface area contributed by atoms with Gasteiger partial charge in [0.2, 0.25) is 0 Å². The second-order valence-corrected chi connectivity index (χ2v) is 8.72. The maximum Gasteiger partial charge on any atom is 0.00313 e. The Hall–Kier alpha value is 0.830. The molecule has 0 amide bonds. The van der Waals surface area contributed by atoms with E-state index in [0.717, 1.165) is 5.75 Å². The maximum absolute atomic E-state index is 4.26. The molecule has 24 heavy (non-hydrogen) atoms. The molecule has 0 fully saturated rings. The van der Waals surface area contributed by atoms with Crippen LogP contribution in [0.3, 0.4) is 0 Å². The van der Waals surface area contributed by atoms with E-state index in [2.05, 4.69) is 28.6 Å². The third-order valence-corrected chi connectivity index (χ3v) is 5.92. The van der Waals surface area contributed by atoms with Gasteiger partial charge in [-0.3, -0.25) is 0 Å². The molecule has 0 saturated heterocycles. The van der Waals surface area contributed by atoms with Crippen LogP contribution >= 0.6 is 28.6 Å². The third-order valence-electron chi connectivity index (χ3n) is 5.04. The van der Waals surface area contributed by atoms with Crippen LogP contribution in [-0.2, 0) is 0 Å². The predicted octanol–water partition coefficient (Wildman–Crippen LogP) is 9.11. The minimum atomic E-state index is 1.07. The van der Waals surface area contributed by atoms with Gasteiger partial charge in [-0.2, -0.15) is 12.6 Å². The van der Waals surface area contributed by atoms with Crippen molar-refractivity contribution in [2.45, 2.75) is 128 Å². The van der Waals surface area contributed by atoms with Crippen LogP contribution in [-0.4, -0.2) is 11.1 Å². The van der Waals surface area contributed by atoms with Gasteiger partial charge in [0.25, 0.3) is 0 Å². The highest BCUT2D eigenvalue weighted by Gasteiger charge is 1.95. The lowest BCUT2D eigenvalue weighted by molar-refractivity contribution is 0.523. The Morgan fingerprint density at radius 3 is 0.750 bits per heavy atom. The summed E-state index contributed by atoms with van der Waals surface area (Å²) in [5, 5.41) is 1.18. The number of thiol groups is 1. The number of hydrogen-bond acceptors (Lipinski definition) is 1. The van der Waals surface area contributed by atoms with Crippen molar-refractivity contribution in [1.82, 2.24) is 0 Å². The Morgan fingerprint density at radius 1 is 0.333 bits per heavy atom. The smallest absolute Gasteiger partial charge is 0.00313 e. The number of rotatable bonds is 21. The molecular formula is C22H45BrS. The van der Waals surface area contributed by atoms with Gasteiger partial charge in [-0.15, -0.1) is 0 Å². The zero-order valence-corrected chi connectivity index (χ0v) is 18.9. The van der Waals surface area contributed by atoms with Gasteiger partial charge in [0.05, 0.1) is 0 Å². The molecule has 0 bridgehead atoms. The molecule has 0 aromatic rings. The minimum absolute atomic E-state index is 1.07. The number of halogens is 1. The van der Waals surface area contributed by atoms with E-state index in [-0.39, 0.29) is 0 Å². The van der Waals surface area contributed by atoms with E-state index in [1.807, 2.05) is 0 Å². The van der Waals surface area contributed by atoms with Gasteiger partial charge in [-0.1, -0.05) is 132 Å². The summed E-state index contributed by atoms with van der Waals surface area (Å²) in [7, 11) is 0. The summed E-state index contributed by atoms with van der Waals surface area (Å²) < 4.78 is 0. The zero-order chi connectivity index (χ0) is 17.6. The molecule has 0 aliphatic heterocycles. The van der Waals surface area contributed by atoms with E-state index in [1.54, 1.807) is 0 Å². The van der Waals surface area contributed by atoms with Crippen LogP contribution in [0.1, 0.15) is 128 Å². The van der Waals surface area contributed by atoms with Gasteiger partial charge in [0.15, 0.2) is 0 Å². The highest BCUT2D eigenvalue weighted by atomic mass is 79.9. The SMILES string of the molecule is SCCCCCCCCCCCCCCCCCCCCCCBr. The maximum atomic E-state index is 4.26. The molecule has 0 radical (unpaired) electrons. The average molecular weight is 422 g/mol. The molecule has 146 valence electrons. The average Bonchev–Trinajstić information content (AvgIpc) is 2.60. The van der Waals surface area contributed by atoms with Crippen LogP contribution in [0.15, 0.2) is 0 Å². The first-order valence-electron chi connectivity index (χ1n) is 11.1. The topological polar surface area (TPSA) is 0 Å². The second-order valence-electron chi connectivity index (χ2n) is 7.48. The highest BCUT2D eigenvalue weighted by Crippen LogP contribution is 2.14. The fourth-order valence-electron chi connectivity index (χ4n) is 3.39. The first kappa shape index (κ1) is 24.8. The summed E-state index contributed by atoms with van der Waals surface area (Å²) in [6.07, 6.45) is 29.0. The Balaban J connectivity index is 2.93. The van der Waals surface area contributed by atoms with E-state index >= 15 is 0 Å². The van der Waals surface area contributed by atoms with E-state index in [1.165, 1.54) is 134 Å². The highest BCUT2D eigenvalue weighted by molar-refractivity contribution is 9.09. The van der Waals surface area contributed by atoms with Crippen LogP contribution in [0, 0.1) is 0 Å². The Labute approximate surface area is 167 Å². The molecule has 0 N–H and O–H groups in total. The van der Waals surface area contributed by atoms with Gasteiger partial charge in [0.1, 0.15) is 0 Å². The molecule has 0 atom stereocenters. The summed E-state index contributed by atoms with van der Waals surface area (Å²) in [5.74, 6) is 1.07. The monoisotopic (exact) mass is 420 g/mol. The molecule has 0 aromatic carbocycles. The lowest BCUT2D eigenvalue weighted by Crippen LogP contribution is -1.84. The molecular weight excluding hydrogens is 376 g/mol. The summed E-state index contributed by atoms with van der Waals surface area (Å²) >= 11 is 7.76. The molecule has 0 aromatic heterocycles. The lowest BCUT2D eigenvalue weighted by Gasteiger charge is -2.04. The first-order valence-corrected chi connectivity index (χ1v) is 12.8. The van der Waals surface area contributed by atoms with Crippen molar-refractivity contribution in [3.63, 3.8) is 0 Å². The molecule has 0 spiro atoms. The van der Waals surface area contributed by atoms with Crippen molar-refractivity contribution in [2.24, 2.45) is 0 Å². The molecule has 0 heterocycles. The molecule has 0 aliphatic rings. The van der Waals surface area contributed by atoms with E-state index < -0.39 is 0 Å². The predicted molar refractivity (Wildman–Crippen MR) is 120 cm³/mol. The van der Waals surface area contributed by atoms with Crippen LogP contribution < -0.4 is 0 Å². The second kappa shape index (κ2) is 23.8. The van der Waals surface area contributed by atoms with Gasteiger partial charge in [-0.25, -0.2) is 0 Å². The Morgan fingerprint density at radius 2 is 0.542 bits per heavy atom. The zero-order valence-electron chi connectivity index (χ0n) is 16.4. The summed E-state index contributed by atoms with van der Waals surface area (Å²) in [6.45, 7) is 0. The van der Waals surface area contributed by atoms with Crippen molar-refractivity contribution in [3.05, 3.63) is 0 Å². The fraction of sp³-hybridized carbons (Fsp3) is 1.00. The summed E-state index contributed by atoms with van der Waals surface area (Å²) in [4.78, 5) is 0. The van der Waals surface area contributed by atoms with Crippen molar-refractivity contribution in [3.8, 4) is 0 Å². The van der Waals surface area contributed by atoms with Crippen molar-refractivity contribution >= 4 is 28.6 Å². The normalized spacial score (nSPS) is 11.2. The minimum Gasteiger partial charge on any atom is -0.179 e. The number of unbranched alkanes of at least 4 members (excludes halogenated alkanes) is 19. The van der Waals surface area contributed by atoms with Crippen LogP contribution in [0.5, 0.6) is 0 Å².